The maximum atomic E-state index is 12.3. The molecule has 0 bridgehead atoms. The van der Waals surface area contributed by atoms with Crippen molar-refractivity contribution in [2.24, 2.45) is 0 Å². The number of hydrogen-bond acceptors (Lipinski definition) is 5. The smallest absolute Gasteiger partial charge is 0.234 e. The number of carbonyl (C=O) groups excluding carboxylic acids is 1. The first-order valence-electron chi connectivity index (χ1n) is 7.89. The Morgan fingerprint density at radius 3 is 3.09 bits per heavy atom. The summed E-state index contributed by atoms with van der Waals surface area (Å²) < 4.78 is 5.01. The van der Waals surface area contributed by atoms with Gasteiger partial charge in [0.1, 0.15) is 0 Å². The van der Waals surface area contributed by atoms with Crippen molar-refractivity contribution in [1.82, 2.24) is 10.2 Å². The number of hydrogen-bond donors (Lipinski definition) is 1. The molecule has 2 aromatic heterocycles. The molecular weight excluding hydrogens is 328 g/mol. The lowest BCUT2D eigenvalue weighted by atomic mass is 9.98. The van der Waals surface area contributed by atoms with E-state index in [1.165, 1.54) is 15.3 Å². The normalized spacial score (nSPS) is 17.9. The van der Waals surface area contributed by atoms with E-state index in [-0.39, 0.29) is 11.9 Å². The van der Waals surface area contributed by atoms with Crippen LogP contribution in [0.25, 0.3) is 0 Å². The lowest BCUT2D eigenvalue weighted by molar-refractivity contribution is -0.122. The van der Waals surface area contributed by atoms with Gasteiger partial charge >= 0.3 is 0 Å². The molecule has 0 aliphatic carbocycles. The fraction of sp³-hybridized carbons (Fsp3) is 0.471. The van der Waals surface area contributed by atoms with E-state index in [2.05, 4.69) is 39.2 Å². The summed E-state index contributed by atoms with van der Waals surface area (Å²) in [4.78, 5) is 17.3. The van der Waals surface area contributed by atoms with Crippen LogP contribution in [0.15, 0.2) is 29.0 Å². The number of methoxy groups -OCH3 is 1. The second-order valence-corrected chi connectivity index (χ2v) is 7.61. The molecule has 1 unspecified atom stereocenters. The Bertz CT molecular complexity index is 624. The monoisotopic (exact) mass is 350 g/mol. The van der Waals surface area contributed by atoms with Crippen LogP contribution in [0.5, 0.6) is 0 Å². The second-order valence-electron chi connectivity index (χ2n) is 5.63. The lowest BCUT2D eigenvalue weighted by Gasteiger charge is -2.34. The Morgan fingerprint density at radius 1 is 1.39 bits per heavy atom. The first-order chi connectivity index (χ1) is 11.3. The highest BCUT2D eigenvalue weighted by Gasteiger charge is 2.31. The third-order valence-electron chi connectivity index (χ3n) is 4.07. The topological polar surface area (TPSA) is 41.6 Å². The zero-order valence-corrected chi connectivity index (χ0v) is 14.9. The predicted octanol–water partition coefficient (Wildman–Crippen LogP) is 2.91. The summed E-state index contributed by atoms with van der Waals surface area (Å²) in [5.74, 6) is 0.0985. The second kappa shape index (κ2) is 8.06. The number of thiophene rings is 2. The molecule has 1 aliphatic heterocycles. The van der Waals surface area contributed by atoms with Gasteiger partial charge in [0, 0.05) is 36.6 Å². The highest BCUT2D eigenvalue weighted by molar-refractivity contribution is 7.10. The standard InChI is InChI=1S/C17H22N2O2S2/c1-21-9-3-7-18-16(20)12-19-8-5-14-13(6-11-23-14)17(19)15-4-2-10-22-15/h2,4,6,10-11,17H,3,5,7-9,12H2,1H3,(H,18,20). The molecule has 0 saturated heterocycles. The summed E-state index contributed by atoms with van der Waals surface area (Å²) in [6.45, 7) is 2.74. The highest BCUT2D eigenvalue weighted by atomic mass is 32.1. The Kier molecular flexibility index (Phi) is 5.83. The number of amides is 1. The Labute approximate surface area is 145 Å². The van der Waals surface area contributed by atoms with E-state index in [1.807, 2.05) is 11.3 Å². The van der Waals surface area contributed by atoms with Gasteiger partial charge in [-0.05, 0) is 41.3 Å². The highest BCUT2D eigenvalue weighted by Crippen LogP contribution is 2.39. The van der Waals surface area contributed by atoms with Gasteiger partial charge in [0.05, 0.1) is 12.6 Å². The van der Waals surface area contributed by atoms with Gasteiger partial charge in [-0.2, -0.15) is 0 Å². The third-order valence-corrected chi connectivity index (χ3v) is 5.99. The van der Waals surface area contributed by atoms with Crippen LogP contribution in [0.1, 0.15) is 27.8 Å². The maximum absolute atomic E-state index is 12.3. The van der Waals surface area contributed by atoms with Crippen molar-refractivity contribution in [3.63, 3.8) is 0 Å². The minimum atomic E-state index is 0.0985. The number of nitrogens with zero attached hydrogens (tertiary/aromatic N) is 1. The fourth-order valence-electron chi connectivity index (χ4n) is 3.00. The van der Waals surface area contributed by atoms with E-state index < -0.39 is 0 Å². The maximum Gasteiger partial charge on any atom is 0.234 e. The summed E-state index contributed by atoms with van der Waals surface area (Å²) >= 11 is 3.60. The van der Waals surface area contributed by atoms with E-state index >= 15 is 0 Å². The molecular formula is C17H22N2O2S2. The SMILES string of the molecule is COCCCNC(=O)CN1CCc2sccc2C1c1cccs1. The van der Waals surface area contributed by atoms with Crippen molar-refractivity contribution in [2.75, 3.05) is 33.4 Å². The predicted molar refractivity (Wildman–Crippen MR) is 95.3 cm³/mol. The Morgan fingerprint density at radius 2 is 2.30 bits per heavy atom. The number of nitrogens with one attached hydrogen (secondary N) is 1. The van der Waals surface area contributed by atoms with Crippen molar-refractivity contribution in [1.29, 1.82) is 0 Å². The number of carbonyl (C=O) groups is 1. The van der Waals surface area contributed by atoms with Crippen molar-refractivity contribution in [3.8, 4) is 0 Å². The minimum absolute atomic E-state index is 0.0985. The van der Waals surface area contributed by atoms with Gasteiger partial charge in [-0.1, -0.05) is 6.07 Å². The fourth-order valence-corrected chi connectivity index (χ4v) is 4.78. The van der Waals surface area contributed by atoms with E-state index in [4.69, 9.17) is 4.74 Å². The van der Waals surface area contributed by atoms with Gasteiger partial charge in [-0.25, -0.2) is 0 Å². The first kappa shape index (κ1) is 16.6. The molecule has 3 rings (SSSR count). The quantitative estimate of drug-likeness (QED) is 0.781. The van der Waals surface area contributed by atoms with Gasteiger partial charge in [0.25, 0.3) is 0 Å². The molecule has 0 saturated carbocycles. The van der Waals surface area contributed by atoms with Crippen LogP contribution in [0.3, 0.4) is 0 Å². The van der Waals surface area contributed by atoms with Crippen LogP contribution >= 0.6 is 22.7 Å². The number of fused-ring (bicyclic) bond motifs is 1. The van der Waals surface area contributed by atoms with Crippen LogP contribution in [0, 0.1) is 0 Å². The third kappa shape index (κ3) is 4.01. The summed E-state index contributed by atoms with van der Waals surface area (Å²) in [6, 6.07) is 6.69. The largest absolute Gasteiger partial charge is 0.385 e. The van der Waals surface area contributed by atoms with Gasteiger partial charge < -0.3 is 10.1 Å². The molecule has 3 heterocycles. The average molecular weight is 351 g/mol. The molecule has 1 amide bonds. The molecule has 1 N–H and O–H groups in total. The summed E-state index contributed by atoms with van der Waals surface area (Å²) in [7, 11) is 1.68. The first-order valence-corrected chi connectivity index (χ1v) is 9.65. The number of ether oxygens (including phenoxy) is 1. The van der Waals surface area contributed by atoms with Crippen LogP contribution in [0.2, 0.25) is 0 Å². The van der Waals surface area contributed by atoms with E-state index in [0.717, 1.165) is 19.4 Å². The van der Waals surface area contributed by atoms with Crippen molar-refractivity contribution < 1.29 is 9.53 Å². The Hall–Kier alpha value is -1.21. The molecule has 1 atom stereocenters. The number of rotatable bonds is 7. The lowest BCUT2D eigenvalue weighted by Crippen LogP contribution is -2.42. The molecule has 2 aromatic rings. The van der Waals surface area contributed by atoms with Crippen molar-refractivity contribution in [2.45, 2.75) is 18.9 Å². The van der Waals surface area contributed by atoms with Gasteiger partial charge in [-0.15, -0.1) is 22.7 Å². The zero-order valence-electron chi connectivity index (χ0n) is 13.3. The van der Waals surface area contributed by atoms with Gasteiger partial charge in [0.15, 0.2) is 0 Å². The van der Waals surface area contributed by atoms with E-state index in [1.54, 1.807) is 18.4 Å². The summed E-state index contributed by atoms with van der Waals surface area (Å²) in [5.41, 5.74) is 1.37. The zero-order chi connectivity index (χ0) is 16.1. The van der Waals surface area contributed by atoms with Crippen molar-refractivity contribution in [3.05, 3.63) is 44.3 Å². The molecule has 1 aliphatic rings. The van der Waals surface area contributed by atoms with Gasteiger partial charge in [-0.3, -0.25) is 9.69 Å². The molecule has 124 valence electrons. The molecule has 0 radical (unpaired) electrons. The molecule has 23 heavy (non-hydrogen) atoms. The average Bonchev–Trinajstić information content (AvgIpc) is 3.22. The Balaban J connectivity index is 1.67. The van der Waals surface area contributed by atoms with Crippen LogP contribution < -0.4 is 5.32 Å². The molecule has 4 nitrogen and oxygen atoms in total. The molecule has 0 aromatic carbocycles. The van der Waals surface area contributed by atoms with Crippen LogP contribution in [-0.2, 0) is 16.0 Å². The van der Waals surface area contributed by atoms with E-state index in [9.17, 15) is 4.79 Å². The molecule has 0 fully saturated rings. The molecule has 0 spiro atoms. The van der Waals surface area contributed by atoms with Crippen LogP contribution in [-0.4, -0.2) is 44.2 Å². The summed E-state index contributed by atoms with van der Waals surface area (Å²) in [5, 5.41) is 7.27. The van der Waals surface area contributed by atoms with Crippen molar-refractivity contribution >= 4 is 28.6 Å². The van der Waals surface area contributed by atoms with Crippen LogP contribution in [0.4, 0.5) is 0 Å². The van der Waals surface area contributed by atoms with Gasteiger partial charge in [0.2, 0.25) is 5.91 Å². The van der Waals surface area contributed by atoms with E-state index in [0.29, 0.717) is 19.7 Å². The molecule has 6 heteroatoms. The summed E-state index contributed by atoms with van der Waals surface area (Å²) in [6.07, 6.45) is 1.89. The minimum Gasteiger partial charge on any atom is -0.385 e.